The zero-order valence-electron chi connectivity index (χ0n) is 13.6. The van der Waals surface area contributed by atoms with E-state index in [0.29, 0.717) is 5.84 Å². The van der Waals surface area contributed by atoms with Crippen molar-refractivity contribution in [1.29, 1.82) is 5.41 Å². The second-order valence-corrected chi connectivity index (χ2v) is 5.87. The summed E-state index contributed by atoms with van der Waals surface area (Å²) in [6.07, 6.45) is 20.1. The van der Waals surface area contributed by atoms with Crippen LogP contribution in [-0.4, -0.2) is 5.84 Å². The monoisotopic (exact) mass is 304 g/mol. The van der Waals surface area contributed by atoms with Crippen molar-refractivity contribution in [3.63, 3.8) is 0 Å². The summed E-state index contributed by atoms with van der Waals surface area (Å²) in [5.74, 6) is 0.346. The van der Waals surface area contributed by atoms with Crippen LogP contribution in [0.1, 0.15) is 103 Å². The van der Waals surface area contributed by atoms with Crippen molar-refractivity contribution in [3.8, 4) is 0 Å². The van der Waals surface area contributed by atoms with Gasteiger partial charge in [0.1, 0.15) is 0 Å². The predicted octanol–water partition coefficient (Wildman–Crippen LogP) is 6.22. The van der Waals surface area contributed by atoms with Crippen LogP contribution in [0.15, 0.2) is 0 Å². The van der Waals surface area contributed by atoms with Gasteiger partial charge in [-0.1, -0.05) is 90.4 Å². The van der Waals surface area contributed by atoms with E-state index in [-0.39, 0.29) is 12.4 Å². The van der Waals surface area contributed by atoms with E-state index in [2.05, 4.69) is 6.92 Å². The number of amidine groups is 1. The molecule has 0 spiro atoms. The minimum absolute atomic E-state index is 0. The van der Waals surface area contributed by atoms with E-state index in [4.69, 9.17) is 11.1 Å². The van der Waals surface area contributed by atoms with Crippen LogP contribution in [0.25, 0.3) is 0 Å². The largest absolute Gasteiger partial charge is 0.388 e. The second kappa shape index (κ2) is 18.8. The lowest BCUT2D eigenvalue weighted by Crippen LogP contribution is -2.08. The Balaban J connectivity index is 0. The molecule has 20 heavy (non-hydrogen) atoms. The first kappa shape index (κ1) is 22.0. The molecule has 122 valence electrons. The highest BCUT2D eigenvalue weighted by Gasteiger charge is 1.94. The molecule has 0 aromatic heterocycles. The molecule has 0 saturated carbocycles. The van der Waals surface area contributed by atoms with Crippen molar-refractivity contribution >= 4 is 18.2 Å². The average Bonchev–Trinajstić information content (AvgIpc) is 2.39. The summed E-state index contributed by atoms with van der Waals surface area (Å²) in [6.45, 7) is 2.28. The summed E-state index contributed by atoms with van der Waals surface area (Å²) in [4.78, 5) is 0. The number of hydrogen-bond acceptors (Lipinski definition) is 1. The fourth-order valence-electron chi connectivity index (χ4n) is 2.51. The first-order valence-electron chi connectivity index (χ1n) is 8.60. The average molecular weight is 305 g/mol. The molecule has 0 atom stereocenters. The molecule has 0 fully saturated rings. The zero-order valence-corrected chi connectivity index (χ0v) is 14.4. The Bertz CT molecular complexity index is 195. The molecular weight excluding hydrogens is 268 g/mol. The van der Waals surface area contributed by atoms with Gasteiger partial charge in [-0.3, -0.25) is 5.41 Å². The lowest BCUT2D eigenvalue weighted by atomic mass is 10.0. The molecule has 0 aliphatic carbocycles. The van der Waals surface area contributed by atoms with Crippen LogP contribution >= 0.6 is 12.4 Å². The SMILES string of the molecule is CCCCCCCCCCCCCCCCC(=N)N.Cl. The molecule has 0 aliphatic heterocycles. The molecule has 0 radical (unpaired) electrons. The van der Waals surface area contributed by atoms with Crippen LogP contribution in [0.5, 0.6) is 0 Å². The molecular formula is C17H37ClN2. The van der Waals surface area contributed by atoms with Crippen molar-refractivity contribution in [2.45, 2.75) is 103 Å². The van der Waals surface area contributed by atoms with Gasteiger partial charge in [-0.05, 0) is 6.42 Å². The Morgan fingerprint density at radius 3 is 1.25 bits per heavy atom. The van der Waals surface area contributed by atoms with Gasteiger partial charge in [0.2, 0.25) is 0 Å². The van der Waals surface area contributed by atoms with E-state index in [1.165, 1.54) is 83.5 Å². The third kappa shape index (κ3) is 20.1. The van der Waals surface area contributed by atoms with Crippen LogP contribution in [0.3, 0.4) is 0 Å². The molecule has 0 rings (SSSR count). The maximum absolute atomic E-state index is 7.14. The number of nitrogens with one attached hydrogen (secondary N) is 1. The molecule has 2 nitrogen and oxygen atoms in total. The van der Waals surface area contributed by atoms with Crippen LogP contribution in [0.2, 0.25) is 0 Å². The number of nitrogens with two attached hydrogens (primary N) is 1. The molecule has 0 heterocycles. The van der Waals surface area contributed by atoms with Crippen molar-refractivity contribution < 1.29 is 0 Å². The fraction of sp³-hybridized carbons (Fsp3) is 0.941. The topological polar surface area (TPSA) is 49.9 Å². The van der Waals surface area contributed by atoms with E-state index >= 15 is 0 Å². The van der Waals surface area contributed by atoms with E-state index in [9.17, 15) is 0 Å². The molecule has 0 aromatic rings. The molecule has 0 bridgehead atoms. The van der Waals surface area contributed by atoms with Crippen LogP contribution < -0.4 is 5.73 Å². The predicted molar refractivity (Wildman–Crippen MR) is 94.1 cm³/mol. The standard InChI is InChI=1S/C17H36N2.ClH/c1-2-3-4-5-6-7-8-9-10-11-12-13-14-15-16-17(18)19;/h2-16H2,1H3,(H3,18,19);1H. The lowest BCUT2D eigenvalue weighted by molar-refractivity contribution is 0.536. The smallest absolute Gasteiger partial charge is 0.0905 e. The van der Waals surface area contributed by atoms with Gasteiger partial charge in [0, 0.05) is 6.42 Å². The summed E-state index contributed by atoms with van der Waals surface area (Å²) in [5.41, 5.74) is 5.32. The number of rotatable bonds is 15. The molecule has 0 aliphatic rings. The zero-order chi connectivity index (χ0) is 14.2. The third-order valence-corrected chi connectivity index (χ3v) is 3.80. The van der Waals surface area contributed by atoms with Crippen LogP contribution in [-0.2, 0) is 0 Å². The number of halogens is 1. The Morgan fingerprint density at radius 1 is 0.650 bits per heavy atom. The van der Waals surface area contributed by atoms with Gasteiger partial charge < -0.3 is 5.73 Å². The lowest BCUT2D eigenvalue weighted by Gasteiger charge is -2.03. The van der Waals surface area contributed by atoms with E-state index in [1.807, 2.05) is 0 Å². The van der Waals surface area contributed by atoms with E-state index in [1.54, 1.807) is 0 Å². The van der Waals surface area contributed by atoms with Crippen molar-refractivity contribution in [2.75, 3.05) is 0 Å². The van der Waals surface area contributed by atoms with Gasteiger partial charge in [-0.2, -0.15) is 0 Å². The fourth-order valence-corrected chi connectivity index (χ4v) is 2.51. The summed E-state index contributed by atoms with van der Waals surface area (Å²) in [6, 6.07) is 0. The molecule has 3 heteroatoms. The quantitative estimate of drug-likeness (QED) is 0.211. The molecule has 0 saturated heterocycles. The number of hydrogen-bond donors (Lipinski definition) is 2. The summed E-state index contributed by atoms with van der Waals surface area (Å²) in [7, 11) is 0. The van der Waals surface area contributed by atoms with Crippen LogP contribution in [0, 0.1) is 5.41 Å². The van der Waals surface area contributed by atoms with Gasteiger partial charge >= 0.3 is 0 Å². The molecule has 0 aromatic carbocycles. The summed E-state index contributed by atoms with van der Waals surface area (Å²) < 4.78 is 0. The first-order chi connectivity index (χ1) is 9.27. The Kier molecular flexibility index (Phi) is 20.7. The molecule has 0 unspecified atom stereocenters. The number of unbranched alkanes of at least 4 members (excludes halogenated alkanes) is 13. The first-order valence-corrected chi connectivity index (χ1v) is 8.60. The van der Waals surface area contributed by atoms with Gasteiger partial charge in [0.05, 0.1) is 5.84 Å². The third-order valence-electron chi connectivity index (χ3n) is 3.80. The van der Waals surface area contributed by atoms with Crippen molar-refractivity contribution in [3.05, 3.63) is 0 Å². The van der Waals surface area contributed by atoms with E-state index in [0.717, 1.165) is 12.8 Å². The highest BCUT2D eigenvalue weighted by molar-refractivity contribution is 5.85. The van der Waals surface area contributed by atoms with Gasteiger partial charge in [0.25, 0.3) is 0 Å². The van der Waals surface area contributed by atoms with Gasteiger partial charge in [-0.25, -0.2) is 0 Å². The normalized spacial score (nSPS) is 10.2. The van der Waals surface area contributed by atoms with Gasteiger partial charge in [0.15, 0.2) is 0 Å². The molecule has 3 N–H and O–H groups in total. The highest BCUT2D eigenvalue weighted by atomic mass is 35.5. The van der Waals surface area contributed by atoms with Crippen molar-refractivity contribution in [2.24, 2.45) is 5.73 Å². The Labute approximate surface area is 133 Å². The van der Waals surface area contributed by atoms with E-state index < -0.39 is 0 Å². The Hall–Kier alpha value is -0.240. The minimum atomic E-state index is 0. The highest BCUT2D eigenvalue weighted by Crippen LogP contribution is 2.13. The maximum atomic E-state index is 7.14. The second-order valence-electron chi connectivity index (χ2n) is 5.87. The summed E-state index contributed by atoms with van der Waals surface area (Å²) in [5, 5.41) is 7.14. The van der Waals surface area contributed by atoms with Crippen LogP contribution in [0.4, 0.5) is 0 Å². The minimum Gasteiger partial charge on any atom is -0.388 e. The van der Waals surface area contributed by atoms with Gasteiger partial charge in [-0.15, -0.1) is 12.4 Å². The molecule has 0 amide bonds. The maximum Gasteiger partial charge on any atom is 0.0905 e. The Morgan fingerprint density at radius 2 is 0.950 bits per heavy atom. The summed E-state index contributed by atoms with van der Waals surface area (Å²) >= 11 is 0. The van der Waals surface area contributed by atoms with Crippen molar-refractivity contribution in [1.82, 2.24) is 0 Å².